The molecule has 2 aromatic rings. The van der Waals surface area contributed by atoms with E-state index in [4.69, 9.17) is 19.6 Å². The summed E-state index contributed by atoms with van der Waals surface area (Å²) in [4.78, 5) is 23.9. The van der Waals surface area contributed by atoms with Gasteiger partial charge in [0.1, 0.15) is 0 Å². The van der Waals surface area contributed by atoms with Gasteiger partial charge >= 0.3 is 0 Å². The van der Waals surface area contributed by atoms with E-state index in [1.807, 2.05) is 78.8 Å². The molecular formula is C26H37NO6S. The monoisotopic (exact) mass is 491 g/mol. The lowest BCUT2D eigenvalue weighted by Crippen LogP contribution is -2.60. The molecule has 2 aromatic carbocycles. The van der Waals surface area contributed by atoms with Crippen LogP contribution in [0.25, 0.3) is 0 Å². The van der Waals surface area contributed by atoms with Gasteiger partial charge in [-0.15, -0.1) is 0 Å². The van der Waals surface area contributed by atoms with E-state index in [-0.39, 0.29) is 11.4 Å². The zero-order chi connectivity index (χ0) is 25.2. The van der Waals surface area contributed by atoms with E-state index in [9.17, 15) is 8.42 Å². The van der Waals surface area contributed by atoms with Gasteiger partial charge in [-0.2, -0.15) is 4.31 Å². The Morgan fingerprint density at radius 3 is 2.03 bits per heavy atom. The molecule has 188 valence electrons. The molecule has 8 heteroatoms. The molecule has 0 unspecified atom stereocenters. The zero-order valence-corrected chi connectivity index (χ0v) is 22.0. The molecule has 1 aliphatic rings. The van der Waals surface area contributed by atoms with Crippen molar-refractivity contribution in [3.63, 3.8) is 0 Å². The van der Waals surface area contributed by atoms with Gasteiger partial charge < -0.3 is 0 Å². The van der Waals surface area contributed by atoms with Crippen LogP contribution in [-0.4, -0.2) is 36.7 Å². The third kappa shape index (κ3) is 6.24. The highest BCUT2D eigenvalue weighted by atomic mass is 32.2. The van der Waals surface area contributed by atoms with Crippen LogP contribution in [0.3, 0.4) is 0 Å². The minimum Gasteiger partial charge on any atom is -0.230 e. The molecule has 34 heavy (non-hydrogen) atoms. The highest BCUT2D eigenvalue weighted by Crippen LogP contribution is 2.44. The van der Waals surface area contributed by atoms with Gasteiger partial charge in [-0.05, 0) is 79.0 Å². The molecule has 2 atom stereocenters. The van der Waals surface area contributed by atoms with Crippen LogP contribution in [0.4, 0.5) is 0 Å². The molecule has 1 aliphatic heterocycles. The maximum Gasteiger partial charge on any atom is 0.245 e. The normalized spacial score (nSPS) is 22.6. The number of piperidine rings is 1. The number of rotatable bonds is 7. The summed E-state index contributed by atoms with van der Waals surface area (Å²) in [6.45, 7) is 13.3. The Balaban J connectivity index is 2.14. The number of sulfonamides is 1. The average molecular weight is 492 g/mol. The molecule has 0 bridgehead atoms. The second-order valence-corrected chi connectivity index (χ2v) is 12.6. The summed E-state index contributed by atoms with van der Waals surface area (Å²) in [7, 11) is -3.94. The summed E-state index contributed by atoms with van der Waals surface area (Å²) in [5.74, 6) is 0. The van der Waals surface area contributed by atoms with E-state index in [1.54, 1.807) is 24.3 Å². The predicted molar refractivity (Wildman–Crippen MR) is 130 cm³/mol. The fourth-order valence-electron chi connectivity index (χ4n) is 3.72. The van der Waals surface area contributed by atoms with Gasteiger partial charge in [0.25, 0.3) is 0 Å². The molecule has 0 amide bonds. The van der Waals surface area contributed by atoms with Crippen molar-refractivity contribution in [2.24, 2.45) is 0 Å². The number of nitrogens with zero attached hydrogens (tertiary/aromatic N) is 1. The SMILES string of the molecule is Cc1ccc(S(=O)(=O)N2CCC[C@](OOC(C)(C)C)(c3ccccc3)[C@@H]2OOC(C)(C)C)cc1. The van der Waals surface area contributed by atoms with Crippen LogP contribution < -0.4 is 0 Å². The summed E-state index contributed by atoms with van der Waals surface area (Å²) >= 11 is 0. The van der Waals surface area contributed by atoms with E-state index >= 15 is 0 Å². The summed E-state index contributed by atoms with van der Waals surface area (Å²) in [6.07, 6.45) is -0.106. The molecule has 1 heterocycles. The van der Waals surface area contributed by atoms with Crippen molar-refractivity contribution in [3.05, 3.63) is 65.7 Å². The Kier molecular flexibility index (Phi) is 7.92. The van der Waals surface area contributed by atoms with Crippen LogP contribution in [0.1, 0.15) is 65.5 Å². The molecule has 1 saturated heterocycles. The molecular weight excluding hydrogens is 454 g/mol. The third-order valence-electron chi connectivity index (χ3n) is 5.31. The van der Waals surface area contributed by atoms with Crippen molar-refractivity contribution in [1.82, 2.24) is 4.31 Å². The van der Waals surface area contributed by atoms with E-state index in [0.29, 0.717) is 12.8 Å². The van der Waals surface area contributed by atoms with Gasteiger partial charge in [0.2, 0.25) is 10.0 Å². The minimum absolute atomic E-state index is 0.183. The van der Waals surface area contributed by atoms with Crippen LogP contribution in [0.15, 0.2) is 59.5 Å². The second-order valence-electron chi connectivity index (χ2n) is 10.7. The first-order valence-electron chi connectivity index (χ1n) is 11.6. The van der Waals surface area contributed by atoms with Crippen molar-refractivity contribution in [1.29, 1.82) is 0 Å². The van der Waals surface area contributed by atoms with E-state index in [0.717, 1.165) is 11.1 Å². The predicted octanol–water partition coefficient (Wildman–Crippen LogP) is 5.49. The molecule has 1 fully saturated rings. The minimum atomic E-state index is -3.94. The molecule has 0 aromatic heterocycles. The highest BCUT2D eigenvalue weighted by molar-refractivity contribution is 7.89. The van der Waals surface area contributed by atoms with Crippen LogP contribution in [0.5, 0.6) is 0 Å². The Bertz CT molecular complexity index is 1040. The van der Waals surface area contributed by atoms with Gasteiger partial charge in [0, 0.05) is 6.54 Å². The highest BCUT2D eigenvalue weighted by Gasteiger charge is 2.55. The van der Waals surface area contributed by atoms with E-state index in [2.05, 4.69) is 0 Å². The van der Waals surface area contributed by atoms with Gasteiger partial charge in [-0.3, -0.25) is 0 Å². The summed E-state index contributed by atoms with van der Waals surface area (Å²) in [5.41, 5.74) is -0.845. The van der Waals surface area contributed by atoms with Crippen LogP contribution in [-0.2, 0) is 35.2 Å². The van der Waals surface area contributed by atoms with Crippen LogP contribution in [0.2, 0.25) is 0 Å². The first-order valence-corrected chi connectivity index (χ1v) is 13.0. The first-order chi connectivity index (χ1) is 15.7. The van der Waals surface area contributed by atoms with Gasteiger partial charge in [-0.1, -0.05) is 48.0 Å². The maximum absolute atomic E-state index is 13.8. The second kappa shape index (κ2) is 10.0. The summed E-state index contributed by atoms with van der Waals surface area (Å²) < 4.78 is 29.0. The standard InChI is InChI=1S/C26H37NO6S/c1-20-14-16-22(17-15-20)34(28,29)27-19-11-18-26(33-32-25(5,6)7,21-12-9-8-10-13-21)23(27)30-31-24(2,3)4/h8-10,12-17,23H,11,18-19H2,1-7H3/t23-,26-/m0/s1. The topological polar surface area (TPSA) is 74.3 Å². The molecule has 0 saturated carbocycles. The van der Waals surface area contributed by atoms with Crippen LogP contribution in [0, 0.1) is 6.92 Å². The lowest BCUT2D eigenvalue weighted by molar-refractivity contribution is -0.480. The Hall–Kier alpha value is -1.81. The smallest absolute Gasteiger partial charge is 0.230 e. The van der Waals surface area contributed by atoms with Crippen molar-refractivity contribution >= 4 is 10.0 Å². The number of hydrogen-bond acceptors (Lipinski definition) is 6. The van der Waals surface area contributed by atoms with Crippen LogP contribution >= 0.6 is 0 Å². The lowest BCUT2D eigenvalue weighted by atomic mass is 9.85. The Morgan fingerprint density at radius 1 is 0.882 bits per heavy atom. The molecule has 0 spiro atoms. The average Bonchev–Trinajstić information content (AvgIpc) is 2.76. The summed E-state index contributed by atoms with van der Waals surface area (Å²) in [5, 5.41) is 0. The lowest BCUT2D eigenvalue weighted by Gasteiger charge is -2.47. The van der Waals surface area contributed by atoms with Crippen molar-refractivity contribution in [2.75, 3.05) is 6.54 Å². The van der Waals surface area contributed by atoms with Crippen molar-refractivity contribution < 1.29 is 28.0 Å². The fraction of sp³-hybridized carbons (Fsp3) is 0.538. The largest absolute Gasteiger partial charge is 0.245 e. The molecule has 0 aliphatic carbocycles. The molecule has 0 N–H and O–H groups in total. The molecule has 0 radical (unpaired) electrons. The Morgan fingerprint density at radius 2 is 1.47 bits per heavy atom. The first kappa shape index (κ1) is 26.8. The fourth-order valence-corrected chi connectivity index (χ4v) is 5.29. The van der Waals surface area contributed by atoms with Gasteiger partial charge in [0.05, 0.1) is 16.1 Å². The molecule has 7 nitrogen and oxygen atoms in total. The van der Waals surface area contributed by atoms with E-state index < -0.39 is 33.1 Å². The third-order valence-corrected chi connectivity index (χ3v) is 7.17. The maximum atomic E-state index is 13.8. The number of aryl methyl sites for hydroxylation is 1. The van der Waals surface area contributed by atoms with Gasteiger partial charge in [0.15, 0.2) is 11.8 Å². The molecule has 3 rings (SSSR count). The summed E-state index contributed by atoms with van der Waals surface area (Å²) in [6, 6.07) is 16.2. The Labute approximate surface area is 203 Å². The van der Waals surface area contributed by atoms with Crippen molar-refractivity contribution in [3.8, 4) is 0 Å². The van der Waals surface area contributed by atoms with Crippen molar-refractivity contribution in [2.45, 2.75) is 89.2 Å². The van der Waals surface area contributed by atoms with E-state index in [1.165, 1.54) is 4.31 Å². The number of benzene rings is 2. The number of hydrogen-bond donors (Lipinski definition) is 0. The zero-order valence-electron chi connectivity index (χ0n) is 21.2. The quantitative estimate of drug-likeness (QED) is 0.376. The van der Waals surface area contributed by atoms with Gasteiger partial charge in [-0.25, -0.2) is 28.0 Å².